The van der Waals surface area contributed by atoms with E-state index in [1.54, 1.807) is 17.6 Å². The van der Waals surface area contributed by atoms with Gasteiger partial charge in [-0.15, -0.1) is 11.3 Å². The van der Waals surface area contributed by atoms with Gasteiger partial charge < -0.3 is 9.73 Å². The van der Waals surface area contributed by atoms with E-state index in [4.69, 9.17) is 4.42 Å². The second kappa shape index (κ2) is 4.39. The third-order valence-electron chi connectivity index (χ3n) is 1.83. The van der Waals surface area contributed by atoms with Gasteiger partial charge in [0.2, 0.25) is 0 Å². The molecule has 4 heteroatoms. The summed E-state index contributed by atoms with van der Waals surface area (Å²) in [5.41, 5.74) is 0. The molecule has 2 rings (SSSR count). The Morgan fingerprint density at radius 3 is 3.21 bits per heavy atom. The van der Waals surface area contributed by atoms with Crippen molar-refractivity contribution >= 4 is 11.3 Å². The molecule has 74 valence electrons. The topological polar surface area (TPSA) is 38.1 Å². The number of aromatic nitrogens is 1. The van der Waals surface area contributed by atoms with Crippen molar-refractivity contribution in [1.82, 2.24) is 10.3 Å². The predicted octanol–water partition coefficient (Wildman–Crippen LogP) is 2.51. The number of hydrogen-bond acceptors (Lipinski definition) is 4. The number of furan rings is 1. The highest BCUT2D eigenvalue weighted by Crippen LogP contribution is 2.25. The molecule has 0 aliphatic carbocycles. The molecule has 0 amide bonds. The quantitative estimate of drug-likeness (QED) is 0.839. The highest BCUT2D eigenvalue weighted by atomic mass is 32.1. The molecule has 0 aliphatic rings. The monoisotopic (exact) mass is 208 g/mol. The highest BCUT2D eigenvalue weighted by Gasteiger charge is 2.05. The fourth-order valence-electron chi connectivity index (χ4n) is 1.15. The maximum Gasteiger partial charge on any atom is 0.162 e. The van der Waals surface area contributed by atoms with Crippen molar-refractivity contribution in [2.45, 2.75) is 13.5 Å². The average Bonchev–Trinajstić information content (AvgIpc) is 2.85. The molecule has 0 fully saturated rings. The Hall–Kier alpha value is -1.13. The van der Waals surface area contributed by atoms with Crippen LogP contribution in [0.15, 0.2) is 29.0 Å². The van der Waals surface area contributed by atoms with Gasteiger partial charge in [0, 0.05) is 17.6 Å². The molecule has 0 bridgehead atoms. The van der Waals surface area contributed by atoms with Crippen molar-refractivity contribution in [3.05, 3.63) is 29.5 Å². The second-order valence-corrected chi connectivity index (χ2v) is 4.00. The third kappa shape index (κ3) is 2.02. The van der Waals surface area contributed by atoms with Gasteiger partial charge in [-0.25, -0.2) is 4.98 Å². The van der Waals surface area contributed by atoms with E-state index in [0.717, 1.165) is 23.9 Å². The van der Waals surface area contributed by atoms with Crippen LogP contribution in [0.25, 0.3) is 10.8 Å². The first-order valence-electron chi connectivity index (χ1n) is 4.59. The van der Waals surface area contributed by atoms with Crippen molar-refractivity contribution in [3.63, 3.8) is 0 Å². The maximum atomic E-state index is 5.26. The summed E-state index contributed by atoms with van der Waals surface area (Å²) in [5.74, 6) is 0.845. The van der Waals surface area contributed by atoms with Crippen LogP contribution in [0.1, 0.15) is 11.8 Å². The first-order chi connectivity index (χ1) is 6.90. The zero-order valence-electron chi connectivity index (χ0n) is 7.99. The van der Waals surface area contributed by atoms with Gasteiger partial charge in [-0.3, -0.25) is 0 Å². The number of thiazole rings is 1. The SMILES string of the molecule is CCNCc1cnc(-c2ccco2)s1. The zero-order valence-corrected chi connectivity index (χ0v) is 8.80. The van der Waals surface area contributed by atoms with E-state index in [2.05, 4.69) is 17.2 Å². The number of rotatable bonds is 4. The Kier molecular flexibility index (Phi) is 2.96. The molecule has 0 unspecified atom stereocenters. The molecule has 0 aromatic carbocycles. The minimum Gasteiger partial charge on any atom is -0.462 e. The van der Waals surface area contributed by atoms with E-state index in [-0.39, 0.29) is 0 Å². The Morgan fingerprint density at radius 1 is 1.57 bits per heavy atom. The molecule has 0 spiro atoms. The molecule has 2 aromatic heterocycles. The lowest BCUT2D eigenvalue weighted by atomic mass is 10.5. The summed E-state index contributed by atoms with van der Waals surface area (Å²) < 4.78 is 5.26. The molecule has 2 aromatic rings. The van der Waals surface area contributed by atoms with E-state index >= 15 is 0 Å². The lowest BCUT2D eigenvalue weighted by Gasteiger charge is -1.94. The minimum atomic E-state index is 0.845. The van der Waals surface area contributed by atoms with Crippen molar-refractivity contribution in [1.29, 1.82) is 0 Å². The van der Waals surface area contributed by atoms with E-state index in [9.17, 15) is 0 Å². The fourth-order valence-corrected chi connectivity index (χ4v) is 2.00. The van der Waals surface area contributed by atoms with Crippen LogP contribution in [0.3, 0.4) is 0 Å². The third-order valence-corrected chi connectivity index (χ3v) is 2.85. The molecule has 0 atom stereocenters. The first-order valence-corrected chi connectivity index (χ1v) is 5.41. The molecule has 1 N–H and O–H groups in total. The van der Waals surface area contributed by atoms with E-state index in [1.165, 1.54) is 4.88 Å². The van der Waals surface area contributed by atoms with E-state index < -0.39 is 0 Å². The number of hydrogen-bond donors (Lipinski definition) is 1. The Labute approximate surface area is 86.8 Å². The fraction of sp³-hybridized carbons (Fsp3) is 0.300. The molecular weight excluding hydrogens is 196 g/mol. The van der Waals surface area contributed by atoms with Gasteiger partial charge in [-0.2, -0.15) is 0 Å². The smallest absolute Gasteiger partial charge is 0.162 e. The van der Waals surface area contributed by atoms with Crippen LogP contribution in [-0.4, -0.2) is 11.5 Å². The average molecular weight is 208 g/mol. The predicted molar refractivity (Wildman–Crippen MR) is 57.2 cm³/mol. The summed E-state index contributed by atoms with van der Waals surface area (Å²) in [5, 5.41) is 4.21. The highest BCUT2D eigenvalue weighted by molar-refractivity contribution is 7.14. The summed E-state index contributed by atoms with van der Waals surface area (Å²) >= 11 is 1.66. The van der Waals surface area contributed by atoms with Crippen molar-refractivity contribution < 1.29 is 4.42 Å². The van der Waals surface area contributed by atoms with Gasteiger partial charge in [-0.05, 0) is 18.7 Å². The second-order valence-electron chi connectivity index (χ2n) is 2.89. The van der Waals surface area contributed by atoms with Crippen molar-refractivity contribution in [2.24, 2.45) is 0 Å². The van der Waals surface area contributed by atoms with Crippen LogP contribution < -0.4 is 5.32 Å². The van der Waals surface area contributed by atoms with Crippen LogP contribution in [0.2, 0.25) is 0 Å². The van der Waals surface area contributed by atoms with Crippen LogP contribution in [-0.2, 0) is 6.54 Å². The summed E-state index contributed by atoms with van der Waals surface area (Å²) in [6.45, 7) is 3.96. The van der Waals surface area contributed by atoms with Gasteiger partial charge in [0.15, 0.2) is 10.8 Å². The van der Waals surface area contributed by atoms with E-state index in [1.807, 2.05) is 18.3 Å². The summed E-state index contributed by atoms with van der Waals surface area (Å²) in [4.78, 5) is 5.53. The molecule has 0 radical (unpaired) electrons. The van der Waals surface area contributed by atoms with Crippen molar-refractivity contribution in [3.8, 4) is 10.8 Å². The number of nitrogens with one attached hydrogen (secondary N) is 1. The van der Waals surface area contributed by atoms with Gasteiger partial charge >= 0.3 is 0 Å². The summed E-state index contributed by atoms with van der Waals surface area (Å²) in [6.07, 6.45) is 3.56. The summed E-state index contributed by atoms with van der Waals surface area (Å²) in [6, 6.07) is 3.80. The lowest BCUT2D eigenvalue weighted by molar-refractivity contribution is 0.582. The molecular formula is C10H12N2OS. The molecule has 3 nitrogen and oxygen atoms in total. The Bertz CT molecular complexity index is 380. The van der Waals surface area contributed by atoms with Crippen LogP contribution >= 0.6 is 11.3 Å². The van der Waals surface area contributed by atoms with Crippen LogP contribution in [0.5, 0.6) is 0 Å². The molecule has 14 heavy (non-hydrogen) atoms. The molecule has 2 heterocycles. The maximum absolute atomic E-state index is 5.26. The van der Waals surface area contributed by atoms with Gasteiger partial charge in [0.25, 0.3) is 0 Å². The minimum absolute atomic E-state index is 0.845. The molecule has 0 aliphatic heterocycles. The van der Waals surface area contributed by atoms with Crippen LogP contribution in [0, 0.1) is 0 Å². The van der Waals surface area contributed by atoms with Gasteiger partial charge in [-0.1, -0.05) is 6.92 Å². The van der Waals surface area contributed by atoms with Gasteiger partial charge in [0.05, 0.1) is 6.26 Å². The summed E-state index contributed by atoms with van der Waals surface area (Å²) in [7, 11) is 0. The van der Waals surface area contributed by atoms with Crippen molar-refractivity contribution in [2.75, 3.05) is 6.54 Å². The van der Waals surface area contributed by atoms with Crippen LogP contribution in [0.4, 0.5) is 0 Å². The Morgan fingerprint density at radius 2 is 2.50 bits per heavy atom. The van der Waals surface area contributed by atoms with E-state index in [0.29, 0.717) is 0 Å². The van der Waals surface area contributed by atoms with Gasteiger partial charge in [0.1, 0.15) is 0 Å². The lowest BCUT2D eigenvalue weighted by Crippen LogP contribution is -2.10. The Balaban J connectivity index is 2.10. The standard InChI is InChI=1S/C10H12N2OS/c1-2-11-6-8-7-12-10(14-8)9-4-3-5-13-9/h3-5,7,11H,2,6H2,1H3. The normalized spacial score (nSPS) is 10.6. The first kappa shape index (κ1) is 9.43. The zero-order chi connectivity index (χ0) is 9.80. The number of nitrogens with zero attached hydrogens (tertiary/aromatic N) is 1. The molecule has 0 saturated carbocycles. The molecule has 0 saturated heterocycles. The largest absolute Gasteiger partial charge is 0.462 e.